The van der Waals surface area contributed by atoms with Crippen LogP contribution in [0.3, 0.4) is 0 Å². The van der Waals surface area contributed by atoms with Crippen LogP contribution >= 0.6 is 23.1 Å². The average Bonchev–Trinajstić information content (AvgIpc) is 2.97. The Bertz CT molecular complexity index is 1020. The molecule has 0 amide bonds. The number of thioether (sulfide) groups is 1. The Kier molecular flexibility index (Phi) is 5.30. The van der Waals surface area contributed by atoms with Gasteiger partial charge >= 0.3 is 0 Å². The van der Waals surface area contributed by atoms with Crippen LogP contribution in [0.4, 0.5) is 0 Å². The molecule has 0 unspecified atom stereocenters. The van der Waals surface area contributed by atoms with E-state index in [1.807, 2.05) is 30.0 Å². The molecule has 0 fully saturated rings. The molecule has 0 atom stereocenters. The van der Waals surface area contributed by atoms with Crippen LogP contribution in [0.2, 0.25) is 0 Å². The minimum atomic E-state index is 0.187. The molecule has 1 aliphatic carbocycles. The number of nitrogens with zero attached hydrogens (tertiary/aromatic N) is 2. The van der Waals surface area contributed by atoms with E-state index in [0.29, 0.717) is 0 Å². The van der Waals surface area contributed by atoms with Gasteiger partial charge in [0.1, 0.15) is 15.7 Å². The third-order valence-electron chi connectivity index (χ3n) is 5.81. The number of aromatic nitrogens is 2. The molecule has 2 heterocycles. The van der Waals surface area contributed by atoms with Gasteiger partial charge in [0.25, 0.3) is 0 Å². The van der Waals surface area contributed by atoms with Gasteiger partial charge in [-0.15, -0.1) is 23.1 Å². The molecule has 1 aromatic carbocycles. The SMILES string of the molecule is Cc1nc(SCc2c(C)cc(C(C)(C)C)cc2C)c2c3c(sc2n1)CCCC3. The van der Waals surface area contributed by atoms with Gasteiger partial charge in [-0.05, 0) is 79.7 Å². The highest BCUT2D eigenvalue weighted by Gasteiger charge is 2.21. The van der Waals surface area contributed by atoms with E-state index in [1.165, 1.54) is 68.7 Å². The Morgan fingerprint density at radius 1 is 1.00 bits per heavy atom. The van der Waals surface area contributed by atoms with Crippen molar-refractivity contribution in [2.24, 2.45) is 0 Å². The lowest BCUT2D eigenvalue weighted by Crippen LogP contribution is -2.12. The van der Waals surface area contributed by atoms with Crippen LogP contribution in [0.15, 0.2) is 17.2 Å². The van der Waals surface area contributed by atoms with Gasteiger partial charge in [0.2, 0.25) is 0 Å². The topological polar surface area (TPSA) is 25.8 Å². The predicted molar refractivity (Wildman–Crippen MR) is 123 cm³/mol. The van der Waals surface area contributed by atoms with Crippen molar-refractivity contribution in [3.63, 3.8) is 0 Å². The van der Waals surface area contributed by atoms with Crippen LogP contribution in [0.5, 0.6) is 0 Å². The molecule has 0 radical (unpaired) electrons. The Morgan fingerprint density at radius 2 is 1.68 bits per heavy atom. The standard InChI is InChI=1S/C24H30N2S2/c1-14-11-17(24(4,5)6)12-15(2)19(14)13-27-22-21-18-9-7-8-10-20(18)28-23(21)26-16(3)25-22/h11-12H,7-10,13H2,1-6H3. The Morgan fingerprint density at radius 3 is 2.36 bits per heavy atom. The fraction of sp³-hybridized carbons (Fsp3) is 0.500. The molecule has 2 aromatic heterocycles. The normalized spacial score (nSPS) is 14.5. The van der Waals surface area contributed by atoms with Crippen LogP contribution in [-0.4, -0.2) is 9.97 Å². The molecule has 0 saturated carbocycles. The van der Waals surface area contributed by atoms with E-state index >= 15 is 0 Å². The van der Waals surface area contributed by atoms with Crippen LogP contribution in [-0.2, 0) is 24.0 Å². The quantitative estimate of drug-likeness (QED) is 0.340. The molecular weight excluding hydrogens is 380 g/mol. The number of hydrogen-bond acceptors (Lipinski definition) is 4. The van der Waals surface area contributed by atoms with Gasteiger partial charge in [0, 0.05) is 16.0 Å². The molecule has 3 aromatic rings. The zero-order chi connectivity index (χ0) is 20.1. The van der Waals surface area contributed by atoms with Gasteiger partial charge in [-0.25, -0.2) is 9.97 Å². The third-order valence-corrected chi connectivity index (χ3v) is 8.00. The second-order valence-electron chi connectivity index (χ2n) is 9.09. The maximum atomic E-state index is 4.87. The van der Waals surface area contributed by atoms with E-state index in [0.717, 1.165) is 11.6 Å². The summed E-state index contributed by atoms with van der Waals surface area (Å²) in [6.45, 7) is 13.4. The van der Waals surface area contributed by atoms with E-state index in [2.05, 4.69) is 46.8 Å². The molecule has 0 aliphatic heterocycles. The van der Waals surface area contributed by atoms with Crippen molar-refractivity contribution in [3.8, 4) is 0 Å². The van der Waals surface area contributed by atoms with Crippen LogP contribution in [0.1, 0.15) is 72.1 Å². The molecule has 4 heteroatoms. The lowest BCUT2D eigenvalue weighted by molar-refractivity contribution is 0.589. The highest BCUT2D eigenvalue weighted by Crippen LogP contribution is 2.41. The number of rotatable bonds is 3. The summed E-state index contributed by atoms with van der Waals surface area (Å²) in [6, 6.07) is 4.74. The smallest absolute Gasteiger partial charge is 0.128 e. The summed E-state index contributed by atoms with van der Waals surface area (Å²) in [6.07, 6.45) is 5.01. The van der Waals surface area contributed by atoms with E-state index in [9.17, 15) is 0 Å². The summed E-state index contributed by atoms with van der Waals surface area (Å²) in [5.74, 6) is 1.86. The van der Waals surface area contributed by atoms with E-state index in [1.54, 1.807) is 4.88 Å². The summed E-state index contributed by atoms with van der Waals surface area (Å²) < 4.78 is 0. The maximum absolute atomic E-state index is 4.87. The van der Waals surface area contributed by atoms with Gasteiger partial charge < -0.3 is 0 Å². The number of benzene rings is 1. The zero-order valence-corrected chi connectivity index (χ0v) is 19.5. The molecule has 0 saturated heterocycles. The van der Waals surface area contributed by atoms with Crippen molar-refractivity contribution in [1.82, 2.24) is 9.97 Å². The Labute approximate surface area is 177 Å². The molecular formula is C24H30N2S2. The lowest BCUT2D eigenvalue weighted by atomic mass is 9.84. The van der Waals surface area contributed by atoms with Crippen molar-refractivity contribution in [2.45, 2.75) is 83.4 Å². The average molecular weight is 411 g/mol. The molecule has 4 rings (SSSR count). The van der Waals surface area contributed by atoms with Crippen molar-refractivity contribution in [3.05, 3.63) is 50.7 Å². The first-order chi connectivity index (χ1) is 13.2. The van der Waals surface area contributed by atoms with Crippen LogP contribution in [0, 0.1) is 20.8 Å². The lowest BCUT2D eigenvalue weighted by Gasteiger charge is -2.22. The van der Waals surface area contributed by atoms with Gasteiger partial charge in [-0.2, -0.15) is 0 Å². The number of fused-ring (bicyclic) bond motifs is 3. The first kappa shape index (κ1) is 19.9. The number of thiophene rings is 1. The molecule has 148 valence electrons. The molecule has 0 bridgehead atoms. The van der Waals surface area contributed by atoms with Crippen molar-refractivity contribution in [2.75, 3.05) is 0 Å². The minimum Gasteiger partial charge on any atom is -0.226 e. The monoisotopic (exact) mass is 410 g/mol. The van der Waals surface area contributed by atoms with Crippen LogP contribution < -0.4 is 0 Å². The second kappa shape index (κ2) is 7.46. The first-order valence-corrected chi connectivity index (χ1v) is 12.1. The van der Waals surface area contributed by atoms with Gasteiger partial charge in [-0.3, -0.25) is 0 Å². The predicted octanol–water partition coefficient (Wildman–Crippen LogP) is 7.09. The van der Waals surface area contributed by atoms with Gasteiger partial charge in [-0.1, -0.05) is 32.9 Å². The zero-order valence-electron chi connectivity index (χ0n) is 17.9. The largest absolute Gasteiger partial charge is 0.226 e. The summed E-state index contributed by atoms with van der Waals surface area (Å²) in [5.41, 5.74) is 7.38. The molecule has 0 N–H and O–H groups in total. The molecule has 1 aliphatic rings. The summed E-state index contributed by atoms with van der Waals surface area (Å²) in [7, 11) is 0. The van der Waals surface area contributed by atoms with Crippen LogP contribution in [0.25, 0.3) is 10.2 Å². The van der Waals surface area contributed by atoms with E-state index < -0.39 is 0 Å². The van der Waals surface area contributed by atoms with Gasteiger partial charge in [0.05, 0.1) is 0 Å². The highest BCUT2D eigenvalue weighted by molar-refractivity contribution is 7.98. The molecule has 0 spiro atoms. The van der Waals surface area contributed by atoms with E-state index in [4.69, 9.17) is 9.97 Å². The van der Waals surface area contributed by atoms with E-state index in [-0.39, 0.29) is 5.41 Å². The van der Waals surface area contributed by atoms with Crippen molar-refractivity contribution < 1.29 is 0 Å². The fourth-order valence-electron chi connectivity index (χ4n) is 4.12. The maximum Gasteiger partial charge on any atom is 0.128 e. The number of hydrogen-bond donors (Lipinski definition) is 0. The summed E-state index contributed by atoms with van der Waals surface area (Å²) in [4.78, 5) is 12.4. The summed E-state index contributed by atoms with van der Waals surface area (Å²) in [5, 5.41) is 2.53. The second-order valence-corrected chi connectivity index (χ2v) is 11.1. The molecule has 28 heavy (non-hydrogen) atoms. The number of aryl methyl sites for hydroxylation is 5. The van der Waals surface area contributed by atoms with Gasteiger partial charge in [0.15, 0.2) is 0 Å². The summed E-state index contributed by atoms with van der Waals surface area (Å²) >= 11 is 3.79. The first-order valence-electron chi connectivity index (χ1n) is 10.3. The Balaban J connectivity index is 1.69. The van der Waals surface area contributed by atoms with Crippen molar-refractivity contribution >= 4 is 33.3 Å². The third kappa shape index (κ3) is 3.73. The Hall–Kier alpha value is -1.39. The van der Waals surface area contributed by atoms with Crippen molar-refractivity contribution in [1.29, 1.82) is 0 Å². The molecule has 2 nitrogen and oxygen atoms in total. The minimum absolute atomic E-state index is 0.187. The highest BCUT2D eigenvalue weighted by atomic mass is 32.2. The fourth-order valence-corrected chi connectivity index (χ4v) is 6.79.